The fourth-order valence-corrected chi connectivity index (χ4v) is 3.64. The Morgan fingerprint density at radius 2 is 1.93 bits per heavy atom. The zero-order valence-corrected chi connectivity index (χ0v) is 16.0. The minimum absolute atomic E-state index is 0.0762. The zero-order chi connectivity index (χ0) is 20.4. The van der Waals surface area contributed by atoms with Crippen LogP contribution in [0.15, 0.2) is 70.3 Å². The largest absolute Gasteiger partial charge is 0.461 e. The molecule has 0 aliphatic heterocycles. The van der Waals surface area contributed by atoms with Gasteiger partial charge >= 0.3 is 0 Å². The number of halogens is 2. The lowest BCUT2D eigenvalue weighted by atomic mass is 10.2. The molecular weight excluding hydrogens is 396 g/mol. The maximum absolute atomic E-state index is 13.8. The molecule has 8 heteroatoms. The summed E-state index contributed by atoms with van der Waals surface area (Å²) in [7, 11) is 0. The van der Waals surface area contributed by atoms with E-state index in [9.17, 15) is 13.6 Å². The van der Waals surface area contributed by atoms with Crippen molar-refractivity contribution in [3.05, 3.63) is 72.5 Å². The molecule has 0 saturated carbocycles. The molecule has 0 aliphatic carbocycles. The van der Waals surface area contributed by atoms with E-state index < -0.39 is 22.8 Å². The molecule has 0 unspecified atom stereocenters. The van der Waals surface area contributed by atoms with Gasteiger partial charge in [-0.25, -0.2) is 18.7 Å². The van der Waals surface area contributed by atoms with Gasteiger partial charge < -0.3 is 9.73 Å². The Balaban J connectivity index is 1.61. The molecule has 29 heavy (non-hydrogen) atoms. The van der Waals surface area contributed by atoms with E-state index in [0.29, 0.717) is 22.1 Å². The first-order valence-corrected chi connectivity index (χ1v) is 9.62. The van der Waals surface area contributed by atoms with Crippen LogP contribution in [0.1, 0.15) is 6.92 Å². The highest BCUT2D eigenvalue weighted by atomic mass is 32.2. The van der Waals surface area contributed by atoms with Crippen LogP contribution in [0.4, 0.5) is 14.5 Å². The highest BCUT2D eigenvalue weighted by Crippen LogP contribution is 2.31. The summed E-state index contributed by atoms with van der Waals surface area (Å²) in [6.45, 7) is 1.69. The molecule has 0 saturated heterocycles. The molecule has 2 aromatic heterocycles. The summed E-state index contributed by atoms with van der Waals surface area (Å²) in [4.78, 5) is 21.6. The number of carbonyl (C=O) groups excluding carboxylic acids is 1. The summed E-state index contributed by atoms with van der Waals surface area (Å²) in [6.07, 6.45) is 1.54. The van der Waals surface area contributed by atoms with Crippen molar-refractivity contribution in [3.8, 4) is 11.6 Å². The van der Waals surface area contributed by atoms with Crippen molar-refractivity contribution in [2.75, 3.05) is 5.32 Å². The van der Waals surface area contributed by atoms with Gasteiger partial charge in [0.25, 0.3) is 0 Å². The van der Waals surface area contributed by atoms with E-state index in [1.165, 1.54) is 24.1 Å². The summed E-state index contributed by atoms with van der Waals surface area (Å²) in [5, 5.41) is 3.28. The van der Waals surface area contributed by atoms with Crippen LogP contribution in [-0.4, -0.2) is 21.1 Å². The van der Waals surface area contributed by atoms with Gasteiger partial charge in [0.15, 0.2) is 11.6 Å². The van der Waals surface area contributed by atoms with Crippen molar-refractivity contribution >= 4 is 34.3 Å². The van der Waals surface area contributed by atoms with Gasteiger partial charge in [-0.2, -0.15) is 0 Å². The lowest BCUT2D eigenvalue weighted by molar-refractivity contribution is -0.115. The van der Waals surface area contributed by atoms with E-state index in [1.54, 1.807) is 19.1 Å². The Hall–Kier alpha value is -3.26. The Bertz CT molecular complexity index is 1180. The van der Waals surface area contributed by atoms with Crippen molar-refractivity contribution in [2.45, 2.75) is 17.2 Å². The number of aromatic nitrogens is 2. The van der Waals surface area contributed by atoms with Crippen molar-refractivity contribution in [1.29, 1.82) is 0 Å². The molecule has 2 heterocycles. The number of carbonyl (C=O) groups is 1. The van der Waals surface area contributed by atoms with Crippen molar-refractivity contribution in [3.63, 3.8) is 0 Å². The molecule has 5 nitrogen and oxygen atoms in total. The number of fused-ring (bicyclic) bond motifs is 1. The molecule has 146 valence electrons. The quantitative estimate of drug-likeness (QED) is 0.357. The van der Waals surface area contributed by atoms with Gasteiger partial charge in [-0.05, 0) is 37.3 Å². The van der Waals surface area contributed by atoms with E-state index in [1.807, 2.05) is 24.3 Å². The lowest BCUT2D eigenvalue weighted by Crippen LogP contribution is -2.23. The van der Waals surface area contributed by atoms with Crippen LogP contribution in [0.3, 0.4) is 0 Å². The Morgan fingerprint density at radius 1 is 1.10 bits per heavy atom. The monoisotopic (exact) mass is 411 g/mol. The van der Waals surface area contributed by atoms with Gasteiger partial charge in [0.2, 0.25) is 5.91 Å². The van der Waals surface area contributed by atoms with Crippen LogP contribution in [0.25, 0.3) is 22.5 Å². The molecular formula is C21H15F2N3O2S. The van der Waals surface area contributed by atoms with E-state index >= 15 is 0 Å². The van der Waals surface area contributed by atoms with Crippen molar-refractivity contribution < 1.29 is 18.0 Å². The fraction of sp³-hybridized carbons (Fsp3) is 0.0952. The minimum Gasteiger partial charge on any atom is -0.461 e. The van der Waals surface area contributed by atoms with E-state index in [2.05, 4.69) is 15.3 Å². The Labute approximate surface area is 169 Å². The third kappa shape index (κ3) is 4.12. The van der Waals surface area contributed by atoms with Crippen LogP contribution in [0.2, 0.25) is 0 Å². The van der Waals surface area contributed by atoms with Crippen LogP contribution in [0.5, 0.6) is 0 Å². The van der Waals surface area contributed by atoms with Gasteiger partial charge in [-0.3, -0.25) is 4.79 Å². The van der Waals surface area contributed by atoms with Crippen molar-refractivity contribution in [1.82, 2.24) is 9.97 Å². The predicted molar refractivity (Wildman–Crippen MR) is 108 cm³/mol. The minimum atomic E-state index is -0.830. The first-order valence-electron chi connectivity index (χ1n) is 8.74. The Morgan fingerprint density at radius 3 is 2.69 bits per heavy atom. The first kappa shape index (κ1) is 19.1. The normalized spacial score (nSPS) is 12.1. The fourth-order valence-electron chi connectivity index (χ4n) is 2.70. The number of thioether (sulfide) groups is 1. The number of nitrogens with zero attached hydrogens (tertiary/aromatic N) is 2. The lowest BCUT2D eigenvalue weighted by Gasteiger charge is -2.14. The van der Waals surface area contributed by atoms with Gasteiger partial charge in [0, 0.05) is 11.5 Å². The number of amides is 1. The van der Waals surface area contributed by atoms with Gasteiger partial charge in [0.1, 0.15) is 16.7 Å². The number of furan rings is 1. The summed E-state index contributed by atoms with van der Waals surface area (Å²) in [5.74, 6) is -1.04. The average Bonchev–Trinajstić information content (AvgIpc) is 3.25. The number of para-hydroxylation sites is 1. The van der Waals surface area contributed by atoms with E-state index in [-0.39, 0.29) is 5.69 Å². The zero-order valence-electron chi connectivity index (χ0n) is 15.2. The smallest absolute Gasteiger partial charge is 0.237 e. The summed E-state index contributed by atoms with van der Waals surface area (Å²) < 4.78 is 32.3. The third-order valence-corrected chi connectivity index (χ3v) is 5.26. The summed E-state index contributed by atoms with van der Waals surface area (Å²) in [5.41, 5.74) is 0.640. The average molecular weight is 411 g/mol. The van der Waals surface area contributed by atoms with Crippen LogP contribution < -0.4 is 5.32 Å². The van der Waals surface area contributed by atoms with E-state index in [4.69, 9.17) is 4.42 Å². The van der Waals surface area contributed by atoms with Crippen LogP contribution in [-0.2, 0) is 4.79 Å². The molecule has 0 fully saturated rings. The number of rotatable bonds is 5. The first-order chi connectivity index (χ1) is 14.0. The molecule has 4 rings (SSSR count). The van der Waals surface area contributed by atoms with Crippen LogP contribution >= 0.6 is 11.8 Å². The molecule has 1 N–H and O–H groups in total. The maximum Gasteiger partial charge on any atom is 0.237 e. The summed E-state index contributed by atoms with van der Waals surface area (Å²) in [6, 6.07) is 13.9. The maximum atomic E-state index is 13.8. The molecule has 0 bridgehead atoms. The predicted octanol–water partition coefficient (Wildman–Crippen LogP) is 5.29. The molecule has 4 aromatic rings. The topological polar surface area (TPSA) is 68.0 Å². The number of hydrogen-bond donors (Lipinski definition) is 1. The van der Waals surface area contributed by atoms with Gasteiger partial charge in [-0.1, -0.05) is 30.0 Å². The number of benzene rings is 2. The van der Waals surface area contributed by atoms with E-state index in [0.717, 1.165) is 17.5 Å². The number of anilines is 1. The molecule has 1 amide bonds. The highest BCUT2D eigenvalue weighted by Gasteiger charge is 2.20. The molecule has 0 aliphatic rings. The van der Waals surface area contributed by atoms with Gasteiger partial charge in [0.05, 0.1) is 22.7 Å². The molecule has 2 aromatic carbocycles. The number of nitrogens with one attached hydrogen (secondary N) is 1. The second-order valence-electron chi connectivity index (χ2n) is 6.22. The Kier molecular flexibility index (Phi) is 5.26. The van der Waals surface area contributed by atoms with Gasteiger partial charge in [-0.15, -0.1) is 0 Å². The standard InChI is InChI=1S/C21H15F2N3O2S/c1-12(20(27)25-17-9-8-13(22)11-15(17)23)29-21-14-5-2-3-6-16(14)24-19(26-21)18-7-4-10-28-18/h2-12H,1H3,(H,25,27)/t12-/m0/s1. The second-order valence-corrected chi connectivity index (χ2v) is 7.55. The molecule has 1 atom stereocenters. The summed E-state index contributed by atoms with van der Waals surface area (Å²) >= 11 is 1.22. The number of hydrogen-bond acceptors (Lipinski definition) is 5. The van der Waals surface area contributed by atoms with Crippen LogP contribution in [0, 0.1) is 11.6 Å². The highest BCUT2D eigenvalue weighted by molar-refractivity contribution is 8.00. The molecule has 0 radical (unpaired) electrons. The van der Waals surface area contributed by atoms with Crippen molar-refractivity contribution in [2.24, 2.45) is 0 Å². The second kappa shape index (κ2) is 8.00. The molecule has 0 spiro atoms. The third-order valence-electron chi connectivity index (χ3n) is 4.16. The SMILES string of the molecule is C[C@H](Sc1nc(-c2ccco2)nc2ccccc12)C(=O)Nc1ccc(F)cc1F.